The Kier molecular flexibility index (Phi) is 112. The Labute approximate surface area is 308 Å². The van der Waals surface area contributed by atoms with Crippen LogP contribution in [0.3, 0.4) is 0 Å². The van der Waals surface area contributed by atoms with Crippen LogP contribution in [0.15, 0.2) is 12.8 Å². The molecule has 0 aromatic carbocycles. The van der Waals surface area contributed by atoms with Crippen molar-refractivity contribution in [3.05, 3.63) is 12.8 Å². The molecule has 138 valence electrons. The number of hydrogen-bond acceptors (Lipinski definition) is 16. The van der Waals surface area contributed by atoms with E-state index in [0.29, 0.717) is 0 Å². The fourth-order valence-electron chi connectivity index (χ4n) is 0.163. The van der Waals surface area contributed by atoms with E-state index in [1.165, 1.54) is 0 Å². The molecule has 0 aliphatic rings. The molecule has 0 fully saturated rings. The zero-order chi connectivity index (χ0) is 20.3. The van der Waals surface area contributed by atoms with Gasteiger partial charge in [-0.15, -0.1) is 0 Å². The second-order valence-electron chi connectivity index (χ2n) is 1.77. The molecule has 28 heteroatoms. The number of rotatable bonds is 6. The third-order valence-electron chi connectivity index (χ3n) is 0.400. The summed E-state index contributed by atoms with van der Waals surface area (Å²) in [5, 5.41) is 7.33. The molecule has 0 radical (unpaired) electrons. The Bertz CT molecular complexity index is 379. The van der Waals surface area contributed by atoms with Gasteiger partial charge >= 0.3 is 227 Å². The summed E-state index contributed by atoms with van der Waals surface area (Å²) in [6.45, 7) is 2.92. The molecule has 6 atom stereocenters. The molecule has 0 aromatic heterocycles. The Morgan fingerprint density at radius 1 is 0.500 bits per heavy atom. The summed E-state index contributed by atoms with van der Waals surface area (Å²) in [6.07, 6.45) is 0.750. The van der Waals surface area contributed by atoms with Crippen LogP contribution in [0.1, 0.15) is 0 Å². The third kappa shape index (κ3) is 115. The van der Waals surface area contributed by atoms with Crippen LogP contribution in [0.25, 0.3) is 0 Å². The quantitative estimate of drug-likeness (QED) is 0.166. The normalized spacial score (nSPS) is 9.80. The van der Waals surface area contributed by atoms with Gasteiger partial charge in [0, 0.05) is 0 Å². The van der Waals surface area contributed by atoms with Crippen molar-refractivity contribution in [3.63, 3.8) is 0 Å². The molecule has 0 aliphatic heterocycles. The van der Waals surface area contributed by atoms with Crippen LogP contribution < -0.4 is 207 Å². The van der Waals surface area contributed by atoms with Crippen molar-refractivity contribution >= 4 is 49.5 Å². The van der Waals surface area contributed by atoms with Gasteiger partial charge < -0.3 is 34.5 Å². The standard InChI is InChI=1S/C2H4O.6Na.3O5P2/c1-2-3;;;;;;;3*1-6(2)5-7(3)4/h2-3H,1H2;;;;;;;;;/q;6*+1;;;. The van der Waals surface area contributed by atoms with Gasteiger partial charge in [-0.25, -0.2) is 0 Å². The van der Waals surface area contributed by atoms with Crippen LogP contribution in [0.2, 0.25) is 0 Å². The fraction of sp³-hybridized carbons (Fsp3) is 0. The van der Waals surface area contributed by atoms with Crippen LogP contribution in [-0.4, -0.2) is 5.11 Å². The molecular formula is C2H4Na6O16P6+6. The van der Waals surface area contributed by atoms with E-state index in [0.717, 1.165) is 6.26 Å². The maximum absolute atomic E-state index is 9.24. The largest absolute Gasteiger partial charge is 1.00 e. The minimum absolute atomic E-state index is 0. The van der Waals surface area contributed by atoms with Crippen molar-refractivity contribution < 1.29 is 252 Å². The van der Waals surface area contributed by atoms with E-state index >= 15 is 0 Å². The fourth-order valence-corrected chi connectivity index (χ4v) is 1.47. The first-order valence-corrected chi connectivity index (χ1v) is 10.5. The van der Waals surface area contributed by atoms with Crippen LogP contribution in [0.5, 0.6) is 0 Å². The van der Waals surface area contributed by atoms with Crippen LogP contribution >= 0.6 is 49.5 Å². The summed E-state index contributed by atoms with van der Waals surface area (Å²) < 4.78 is 64.9. The molecule has 0 saturated heterocycles. The molecule has 16 nitrogen and oxygen atoms in total. The van der Waals surface area contributed by atoms with Gasteiger partial charge in [-0.05, 0) is 27.4 Å². The first-order valence-electron chi connectivity index (χ1n) is 3.95. The van der Waals surface area contributed by atoms with Gasteiger partial charge in [0.05, 0.1) is 6.26 Å². The summed E-state index contributed by atoms with van der Waals surface area (Å²) in [4.78, 5) is 55.4. The summed E-state index contributed by atoms with van der Waals surface area (Å²) in [5.74, 6) is 0. The summed E-state index contributed by atoms with van der Waals surface area (Å²) in [5.41, 5.74) is 0. The minimum atomic E-state index is -3.24. The van der Waals surface area contributed by atoms with Crippen molar-refractivity contribution in [2.24, 2.45) is 0 Å². The summed E-state index contributed by atoms with van der Waals surface area (Å²) in [7, 11) is -19.4. The number of aliphatic hydroxyl groups excluding tert-OH is 1. The second-order valence-corrected chi connectivity index (χ2v) is 6.41. The Hall–Kier alpha value is 5.78. The van der Waals surface area contributed by atoms with E-state index in [1.54, 1.807) is 0 Å². The molecule has 0 rings (SSSR count). The topological polar surface area (TPSA) is 289 Å². The second kappa shape index (κ2) is 51.4. The molecule has 0 spiro atoms. The smallest absolute Gasteiger partial charge is 0.563 e. The molecule has 6 unspecified atom stereocenters. The SMILES string of the molecule is C=CO.O=[P+]([O-])O[P+](=O)[O-].O=[P+]([O-])O[P+](=O)[O-].O=[P+]([O-])O[P+](=O)[O-].[Na+].[Na+].[Na+].[Na+].[Na+].[Na+]. The average molecular weight is 608 g/mol. The maximum atomic E-state index is 9.24. The molecule has 1 N–H and O–H groups in total. The van der Waals surface area contributed by atoms with Crippen LogP contribution in [0, 0.1) is 0 Å². The van der Waals surface area contributed by atoms with E-state index in [1.807, 2.05) is 0 Å². The Morgan fingerprint density at radius 3 is 0.567 bits per heavy atom. The third-order valence-corrected chi connectivity index (χ3v) is 3.60. The Morgan fingerprint density at radius 2 is 0.567 bits per heavy atom. The molecular weight excluding hydrogens is 604 g/mol. The molecule has 30 heavy (non-hydrogen) atoms. The minimum Gasteiger partial charge on any atom is -0.563 e. The van der Waals surface area contributed by atoms with E-state index in [-0.39, 0.29) is 177 Å². The molecule has 0 aliphatic carbocycles. The van der Waals surface area contributed by atoms with Crippen LogP contribution in [-0.2, 0) is 40.3 Å². The van der Waals surface area contributed by atoms with Gasteiger partial charge in [0.2, 0.25) is 0 Å². The first kappa shape index (κ1) is 65.1. The predicted octanol–water partition coefficient (Wildman–Crippen LogP) is -20.2. The van der Waals surface area contributed by atoms with Gasteiger partial charge in [0.1, 0.15) is 12.9 Å². The van der Waals surface area contributed by atoms with Gasteiger partial charge in [0.25, 0.3) is 0 Å². The van der Waals surface area contributed by atoms with Crippen molar-refractivity contribution in [1.82, 2.24) is 0 Å². The van der Waals surface area contributed by atoms with Crippen LogP contribution in [0.4, 0.5) is 0 Å². The Balaban J connectivity index is -0.0000000214. The van der Waals surface area contributed by atoms with E-state index < -0.39 is 49.5 Å². The molecule has 0 aromatic rings. The van der Waals surface area contributed by atoms with Crippen molar-refractivity contribution in [2.75, 3.05) is 0 Å². The number of hydrogen-bond donors (Lipinski definition) is 1. The van der Waals surface area contributed by atoms with Gasteiger partial charge in [0.15, 0.2) is 0 Å². The number of aliphatic hydroxyl groups is 1. The summed E-state index contributed by atoms with van der Waals surface area (Å²) >= 11 is 0. The van der Waals surface area contributed by atoms with Crippen molar-refractivity contribution in [1.29, 1.82) is 0 Å². The molecule has 0 amide bonds. The van der Waals surface area contributed by atoms with Crippen molar-refractivity contribution in [2.45, 2.75) is 0 Å². The van der Waals surface area contributed by atoms with E-state index in [4.69, 9.17) is 5.11 Å². The summed E-state index contributed by atoms with van der Waals surface area (Å²) in [6, 6.07) is 0. The van der Waals surface area contributed by atoms with Gasteiger partial charge in [-0.2, -0.15) is 0 Å². The monoisotopic (exact) mass is 608 g/mol. The first-order chi connectivity index (χ1) is 10.8. The molecule has 0 heterocycles. The van der Waals surface area contributed by atoms with E-state index in [2.05, 4.69) is 19.5 Å². The predicted molar refractivity (Wildman–Crippen MR) is 61.7 cm³/mol. The molecule has 0 bridgehead atoms. The zero-order valence-electron chi connectivity index (χ0n) is 16.5. The van der Waals surface area contributed by atoms with E-state index in [9.17, 15) is 56.8 Å². The van der Waals surface area contributed by atoms with Gasteiger partial charge in [-0.3, -0.25) is 0 Å². The average Bonchev–Trinajstić information content (AvgIpc) is 2.24. The maximum Gasteiger partial charge on any atom is 1.00 e. The van der Waals surface area contributed by atoms with Crippen molar-refractivity contribution in [3.8, 4) is 0 Å². The zero-order valence-corrected chi connectivity index (χ0v) is 33.9. The van der Waals surface area contributed by atoms with Gasteiger partial charge in [-0.1, -0.05) is 6.58 Å². The molecule has 0 saturated carbocycles.